The average Bonchev–Trinajstić information content (AvgIpc) is 2.75. The molecule has 2 aromatic rings. The summed E-state index contributed by atoms with van der Waals surface area (Å²) in [5.41, 5.74) is 2.26. The maximum atomic E-state index is 9.79. The number of hydrogen-bond acceptors (Lipinski definition) is 4. The van der Waals surface area contributed by atoms with Crippen LogP contribution >= 0.6 is 12.2 Å². The predicted molar refractivity (Wildman–Crippen MR) is 88.7 cm³/mol. The SMILES string of the molecule is Cc1ccc(-n2c(C)nn(CN3CCC[C@H](O)C3)c2=S)cc1. The summed E-state index contributed by atoms with van der Waals surface area (Å²) in [5, 5.41) is 14.4. The average molecular weight is 318 g/mol. The van der Waals surface area contributed by atoms with Crippen LogP contribution in [0.25, 0.3) is 5.69 Å². The van der Waals surface area contributed by atoms with E-state index < -0.39 is 0 Å². The van der Waals surface area contributed by atoms with Crippen molar-refractivity contribution in [2.75, 3.05) is 13.1 Å². The van der Waals surface area contributed by atoms with E-state index in [0.29, 0.717) is 18.0 Å². The molecule has 1 aromatic heterocycles. The van der Waals surface area contributed by atoms with E-state index in [1.807, 2.05) is 16.2 Å². The third-order valence-corrected chi connectivity index (χ3v) is 4.50. The summed E-state index contributed by atoms with van der Waals surface area (Å²) in [6, 6.07) is 8.29. The Morgan fingerprint density at radius 2 is 2.00 bits per heavy atom. The second-order valence-corrected chi connectivity index (χ2v) is 6.38. The lowest BCUT2D eigenvalue weighted by molar-refractivity contribution is 0.0512. The highest BCUT2D eigenvalue weighted by Crippen LogP contribution is 2.15. The van der Waals surface area contributed by atoms with Gasteiger partial charge in [-0.1, -0.05) is 17.7 Å². The number of nitrogens with zero attached hydrogens (tertiary/aromatic N) is 4. The normalized spacial score (nSPS) is 19.5. The van der Waals surface area contributed by atoms with Crippen LogP contribution in [-0.2, 0) is 6.67 Å². The van der Waals surface area contributed by atoms with E-state index in [-0.39, 0.29) is 6.10 Å². The molecule has 22 heavy (non-hydrogen) atoms. The lowest BCUT2D eigenvalue weighted by atomic mass is 10.1. The molecule has 1 aliphatic rings. The first-order chi connectivity index (χ1) is 10.5. The molecule has 0 unspecified atom stereocenters. The zero-order valence-electron chi connectivity index (χ0n) is 13.1. The van der Waals surface area contributed by atoms with Gasteiger partial charge in [-0.2, -0.15) is 5.10 Å². The molecule has 2 heterocycles. The second-order valence-electron chi connectivity index (χ2n) is 6.01. The van der Waals surface area contributed by atoms with Gasteiger partial charge in [-0.25, -0.2) is 4.68 Å². The van der Waals surface area contributed by atoms with Gasteiger partial charge in [0.05, 0.1) is 12.8 Å². The highest BCUT2D eigenvalue weighted by atomic mass is 32.1. The molecule has 1 saturated heterocycles. The van der Waals surface area contributed by atoms with Gasteiger partial charge in [0.2, 0.25) is 4.77 Å². The summed E-state index contributed by atoms with van der Waals surface area (Å²) in [6.07, 6.45) is 1.67. The molecule has 0 saturated carbocycles. The van der Waals surface area contributed by atoms with Crippen LogP contribution in [0.2, 0.25) is 0 Å². The van der Waals surface area contributed by atoms with E-state index in [0.717, 1.165) is 30.9 Å². The third kappa shape index (κ3) is 3.14. The summed E-state index contributed by atoms with van der Waals surface area (Å²) in [6.45, 7) is 6.35. The Hall–Kier alpha value is -1.50. The fourth-order valence-electron chi connectivity index (χ4n) is 2.95. The molecule has 6 heteroatoms. The van der Waals surface area contributed by atoms with E-state index in [2.05, 4.69) is 41.2 Å². The second kappa shape index (κ2) is 6.32. The lowest BCUT2D eigenvalue weighted by Gasteiger charge is -2.29. The fraction of sp³-hybridized carbons (Fsp3) is 0.500. The number of aromatic nitrogens is 3. The molecule has 1 aromatic carbocycles. The number of aryl methyl sites for hydroxylation is 2. The summed E-state index contributed by atoms with van der Waals surface area (Å²) < 4.78 is 4.54. The van der Waals surface area contributed by atoms with Crippen molar-refractivity contribution in [3.05, 3.63) is 40.4 Å². The zero-order chi connectivity index (χ0) is 15.7. The molecule has 1 atom stereocenters. The van der Waals surface area contributed by atoms with Gasteiger partial charge < -0.3 is 5.11 Å². The third-order valence-electron chi connectivity index (χ3n) is 4.11. The molecule has 0 aliphatic carbocycles. The van der Waals surface area contributed by atoms with Crippen molar-refractivity contribution < 1.29 is 5.11 Å². The van der Waals surface area contributed by atoms with Crippen LogP contribution in [0.4, 0.5) is 0 Å². The quantitative estimate of drug-likeness (QED) is 0.883. The number of benzene rings is 1. The number of likely N-dealkylation sites (tertiary alicyclic amines) is 1. The highest BCUT2D eigenvalue weighted by molar-refractivity contribution is 7.71. The van der Waals surface area contributed by atoms with Crippen molar-refractivity contribution >= 4 is 12.2 Å². The molecule has 0 spiro atoms. The van der Waals surface area contributed by atoms with Gasteiger partial charge in [0.15, 0.2) is 0 Å². The highest BCUT2D eigenvalue weighted by Gasteiger charge is 2.19. The van der Waals surface area contributed by atoms with Gasteiger partial charge in [-0.3, -0.25) is 9.47 Å². The number of hydrogen-bond donors (Lipinski definition) is 1. The fourth-order valence-corrected chi connectivity index (χ4v) is 3.28. The first-order valence-electron chi connectivity index (χ1n) is 7.68. The summed E-state index contributed by atoms with van der Waals surface area (Å²) >= 11 is 5.60. The molecule has 5 nitrogen and oxygen atoms in total. The maximum Gasteiger partial charge on any atom is 0.203 e. The van der Waals surface area contributed by atoms with Crippen LogP contribution in [-0.4, -0.2) is 43.5 Å². The molecule has 118 valence electrons. The summed E-state index contributed by atoms with van der Waals surface area (Å²) in [4.78, 5) is 2.20. The Bertz CT molecular complexity index is 704. The predicted octanol–water partition coefficient (Wildman–Crippen LogP) is 2.43. The molecule has 3 rings (SSSR count). The largest absolute Gasteiger partial charge is 0.392 e. The Labute approximate surface area is 135 Å². The van der Waals surface area contributed by atoms with Crippen LogP contribution in [0.15, 0.2) is 24.3 Å². The minimum atomic E-state index is -0.233. The van der Waals surface area contributed by atoms with E-state index in [1.165, 1.54) is 5.56 Å². The molecule has 0 radical (unpaired) electrons. The van der Waals surface area contributed by atoms with Gasteiger partial charge in [-0.05, 0) is 51.0 Å². The van der Waals surface area contributed by atoms with Crippen molar-refractivity contribution in [1.29, 1.82) is 0 Å². The van der Waals surface area contributed by atoms with Crippen LogP contribution in [0, 0.1) is 18.6 Å². The summed E-state index contributed by atoms with van der Waals surface area (Å²) in [7, 11) is 0. The zero-order valence-corrected chi connectivity index (χ0v) is 13.9. The van der Waals surface area contributed by atoms with Crippen LogP contribution < -0.4 is 0 Å². The van der Waals surface area contributed by atoms with Gasteiger partial charge in [0.25, 0.3) is 0 Å². The standard InChI is InChI=1S/C16H22N4OS/c1-12-5-7-14(8-6-12)20-13(2)17-19(16(20)22)11-18-9-3-4-15(21)10-18/h5-8,15,21H,3-4,9-11H2,1-2H3/t15-/m0/s1. The maximum absolute atomic E-state index is 9.79. The number of piperidine rings is 1. The van der Waals surface area contributed by atoms with E-state index in [1.54, 1.807) is 0 Å². The van der Waals surface area contributed by atoms with E-state index >= 15 is 0 Å². The summed E-state index contributed by atoms with van der Waals surface area (Å²) in [5.74, 6) is 0.881. The lowest BCUT2D eigenvalue weighted by Crippen LogP contribution is -2.39. The van der Waals surface area contributed by atoms with Crippen molar-refractivity contribution in [2.24, 2.45) is 0 Å². The molecule has 0 amide bonds. The smallest absolute Gasteiger partial charge is 0.203 e. The Kier molecular flexibility index (Phi) is 4.42. The number of β-amino-alcohol motifs (C(OH)–C–C–N with tert-alkyl or cyclic N) is 1. The molecule has 1 N–H and O–H groups in total. The van der Waals surface area contributed by atoms with Crippen LogP contribution in [0.5, 0.6) is 0 Å². The Morgan fingerprint density at radius 3 is 2.68 bits per heavy atom. The van der Waals surface area contributed by atoms with Crippen molar-refractivity contribution in [3.8, 4) is 5.69 Å². The monoisotopic (exact) mass is 318 g/mol. The number of aliphatic hydroxyl groups excluding tert-OH is 1. The first-order valence-corrected chi connectivity index (χ1v) is 8.09. The van der Waals surface area contributed by atoms with Crippen LogP contribution in [0.3, 0.4) is 0 Å². The van der Waals surface area contributed by atoms with E-state index in [4.69, 9.17) is 12.2 Å². The Balaban J connectivity index is 1.87. The van der Waals surface area contributed by atoms with Gasteiger partial charge in [-0.15, -0.1) is 0 Å². The van der Waals surface area contributed by atoms with Crippen LogP contribution in [0.1, 0.15) is 24.2 Å². The van der Waals surface area contributed by atoms with Crippen molar-refractivity contribution in [2.45, 2.75) is 39.5 Å². The molecule has 1 fully saturated rings. The van der Waals surface area contributed by atoms with Gasteiger partial charge in [0, 0.05) is 18.8 Å². The number of aliphatic hydroxyl groups is 1. The Morgan fingerprint density at radius 1 is 1.27 bits per heavy atom. The van der Waals surface area contributed by atoms with Gasteiger partial charge in [0.1, 0.15) is 5.82 Å². The molecule has 0 bridgehead atoms. The minimum Gasteiger partial charge on any atom is -0.392 e. The first kappa shape index (κ1) is 15.4. The van der Waals surface area contributed by atoms with Gasteiger partial charge >= 0.3 is 0 Å². The topological polar surface area (TPSA) is 46.2 Å². The molecular weight excluding hydrogens is 296 g/mol. The van der Waals surface area contributed by atoms with Crippen molar-refractivity contribution in [3.63, 3.8) is 0 Å². The van der Waals surface area contributed by atoms with E-state index in [9.17, 15) is 5.11 Å². The molecule has 1 aliphatic heterocycles. The number of rotatable bonds is 3. The minimum absolute atomic E-state index is 0.233. The molecular formula is C16H22N4OS. The van der Waals surface area contributed by atoms with Crippen molar-refractivity contribution in [1.82, 2.24) is 19.2 Å².